The van der Waals surface area contributed by atoms with Crippen LogP contribution in [0.4, 0.5) is 0 Å². The van der Waals surface area contributed by atoms with Gasteiger partial charge in [-0.15, -0.1) is 24.8 Å². The van der Waals surface area contributed by atoms with Gasteiger partial charge in [-0.2, -0.15) is 0 Å². The summed E-state index contributed by atoms with van der Waals surface area (Å²) < 4.78 is 0. The molecule has 0 aliphatic heterocycles. The van der Waals surface area contributed by atoms with Gasteiger partial charge in [0.05, 0.1) is 6.33 Å². The minimum Gasteiger partial charge on any atom is -0.480 e. The Bertz CT molecular complexity index is 506. The van der Waals surface area contributed by atoms with Gasteiger partial charge in [-0.1, -0.05) is 30.3 Å². The normalized spacial score (nSPS) is 12.7. The molecule has 110 valence electrons. The molecule has 0 aliphatic rings. The van der Waals surface area contributed by atoms with E-state index in [9.17, 15) is 4.79 Å². The first-order valence-electron chi connectivity index (χ1n) is 5.69. The summed E-state index contributed by atoms with van der Waals surface area (Å²) in [4.78, 5) is 17.9. The summed E-state index contributed by atoms with van der Waals surface area (Å²) in [5.74, 6) is -1.32. The zero-order valence-corrected chi connectivity index (χ0v) is 12.2. The SMILES string of the molecule is Cl.Cl.N[C@H](C(=O)O)C(Cc1ccccc1)c1cnc[nH]1. The Morgan fingerprint density at radius 2 is 1.95 bits per heavy atom. The number of hydrogen-bond acceptors (Lipinski definition) is 3. The number of aromatic nitrogens is 2. The first kappa shape index (κ1) is 18.4. The van der Waals surface area contributed by atoms with Gasteiger partial charge in [-0.3, -0.25) is 4.79 Å². The van der Waals surface area contributed by atoms with E-state index >= 15 is 0 Å². The van der Waals surface area contributed by atoms with Crippen molar-refractivity contribution < 1.29 is 9.90 Å². The van der Waals surface area contributed by atoms with Gasteiger partial charge in [0.1, 0.15) is 6.04 Å². The van der Waals surface area contributed by atoms with Gasteiger partial charge in [-0.05, 0) is 12.0 Å². The van der Waals surface area contributed by atoms with Crippen LogP contribution in [0.15, 0.2) is 42.9 Å². The number of nitrogens with one attached hydrogen (secondary N) is 1. The molecule has 1 aromatic heterocycles. The van der Waals surface area contributed by atoms with Crippen LogP contribution in [0.3, 0.4) is 0 Å². The standard InChI is InChI=1S/C13H15N3O2.2ClH/c14-12(13(17)18)10(11-7-15-8-16-11)6-9-4-2-1-3-5-9;;/h1-5,7-8,10,12H,6,14H2,(H,15,16)(H,17,18);2*1H/t10?,12-;;/m0../s1. The number of imidazole rings is 1. The molecule has 1 unspecified atom stereocenters. The van der Waals surface area contributed by atoms with Crippen LogP contribution in [0, 0.1) is 0 Å². The Hall–Kier alpha value is -1.56. The van der Waals surface area contributed by atoms with Gasteiger partial charge in [0, 0.05) is 17.8 Å². The molecule has 2 aromatic rings. The van der Waals surface area contributed by atoms with Gasteiger partial charge in [0.15, 0.2) is 0 Å². The van der Waals surface area contributed by atoms with E-state index in [1.165, 1.54) is 6.33 Å². The zero-order valence-electron chi connectivity index (χ0n) is 10.6. The molecular formula is C13H17Cl2N3O2. The number of aliphatic carboxylic acids is 1. The number of aromatic amines is 1. The molecule has 0 amide bonds. The van der Waals surface area contributed by atoms with E-state index in [2.05, 4.69) is 9.97 Å². The van der Waals surface area contributed by atoms with Crippen molar-refractivity contribution in [2.75, 3.05) is 0 Å². The van der Waals surface area contributed by atoms with Crippen molar-refractivity contribution in [1.82, 2.24) is 9.97 Å². The molecule has 7 heteroatoms. The van der Waals surface area contributed by atoms with Crippen LogP contribution in [0.5, 0.6) is 0 Å². The Kier molecular flexibility index (Phi) is 7.91. The number of carboxylic acids is 1. The summed E-state index contributed by atoms with van der Waals surface area (Å²) in [6, 6.07) is 8.73. The third kappa shape index (κ3) is 4.52. The molecule has 1 aromatic carbocycles. The van der Waals surface area contributed by atoms with E-state index in [1.807, 2.05) is 30.3 Å². The smallest absolute Gasteiger partial charge is 0.321 e. The predicted molar refractivity (Wildman–Crippen MR) is 81.6 cm³/mol. The molecule has 0 saturated heterocycles. The summed E-state index contributed by atoms with van der Waals surface area (Å²) in [6.45, 7) is 0. The maximum Gasteiger partial charge on any atom is 0.321 e. The lowest BCUT2D eigenvalue weighted by Crippen LogP contribution is -2.37. The minimum absolute atomic E-state index is 0. The molecule has 1 heterocycles. The lowest BCUT2D eigenvalue weighted by Gasteiger charge is -2.19. The first-order valence-corrected chi connectivity index (χ1v) is 5.69. The van der Waals surface area contributed by atoms with E-state index in [-0.39, 0.29) is 30.7 Å². The second-order valence-electron chi connectivity index (χ2n) is 4.17. The number of hydrogen-bond donors (Lipinski definition) is 3. The molecule has 2 atom stereocenters. The number of carbonyl (C=O) groups is 1. The summed E-state index contributed by atoms with van der Waals surface area (Å²) >= 11 is 0. The molecule has 4 N–H and O–H groups in total. The topological polar surface area (TPSA) is 92.0 Å². The summed E-state index contributed by atoms with van der Waals surface area (Å²) in [5, 5.41) is 9.07. The molecule has 0 saturated carbocycles. The number of halogens is 2. The van der Waals surface area contributed by atoms with Crippen LogP contribution in [-0.4, -0.2) is 27.1 Å². The first-order chi connectivity index (χ1) is 8.68. The van der Waals surface area contributed by atoms with Crippen LogP contribution in [0.2, 0.25) is 0 Å². The van der Waals surface area contributed by atoms with Crippen molar-refractivity contribution in [1.29, 1.82) is 0 Å². The third-order valence-corrected chi connectivity index (χ3v) is 2.94. The number of benzene rings is 1. The fraction of sp³-hybridized carbons (Fsp3) is 0.231. The van der Waals surface area contributed by atoms with Crippen molar-refractivity contribution in [3.05, 3.63) is 54.1 Å². The van der Waals surface area contributed by atoms with Gasteiger partial charge < -0.3 is 15.8 Å². The third-order valence-electron chi connectivity index (χ3n) is 2.94. The highest BCUT2D eigenvalue weighted by Gasteiger charge is 2.27. The van der Waals surface area contributed by atoms with Crippen molar-refractivity contribution >= 4 is 30.8 Å². The molecule has 0 spiro atoms. The van der Waals surface area contributed by atoms with Crippen molar-refractivity contribution in [2.45, 2.75) is 18.4 Å². The molecule has 2 rings (SSSR count). The van der Waals surface area contributed by atoms with Crippen LogP contribution >= 0.6 is 24.8 Å². The van der Waals surface area contributed by atoms with Gasteiger partial charge in [0.2, 0.25) is 0 Å². The maximum atomic E-state index is 11.1. The average Bonchev–Trinajstić information content (AvgIpc) is 2.90. The quantitative estimate of drug-likeness (QED) is 0.786. The molecule has 0 radical (unpaired) electrons. The van der Waals surface area contributed by atoms with Crippen LogP contribution in [0.25, 0.3) is 0 Å². The van der Waals surface area contributed by atoms with Crippen molar-refractivity contribution in [3.63, 3.8) is 0 Å². The van der Waals surface area contributed by atoms with Gasteiger partial charge in [0.25, 0.3) is 0 Å². The van der Waals surface area contributed by atoms with Crippen LogP contribution < -0.4 is 5.73 Å². The van der Waals surface area contributed by atoms with Gasteiger partial charge >= 0.3 is 5.97 Å². The van der Waals surface area contributed by atoms with Crippen LogP contribution in [0.1, 0.15) is 17.2 Å². The largest absolute Gasteiger partial charge is 0.480 e. The van der Waals surface area contributed by atoms with E-state index in [1.54, 1.807) is 6.20 Å². The van der Waals surface area contributed by atoms with Crippen molar-refractivity contribution in [2.24, 2.45) is 5.73 Å². The highest BCUT2D eigenvalue weighted by Crippen LogP contribution is 2.21. The van der Waals surface area contributed by atoms with E-state index in [0.29, 0.717) is 6.42 Å². The highest BCUT2D eigenvalue weighted by atomic mass is 35.5. The van der Waals surface area contributed by atoms with Crippen LogP contribution in [-0.2, 0) is 11.2 Å². The second-order valence-corrected chi connectivity index (χ2v) is 4.17. The summed E-state index contributed by atoms with van der Waals surface area (Å²) in [6.07, 6.45) is 3.72. The van der Waals surface area contributed by atoms with E-state index in [0.717, 1.165) is 11.3 Å². The number of nitrogens with zero attached hydrogens (tertiary/aromatic N) is 1. The van der Waals surface area contributed by atoms with Crippen molar-refractivity contribution in [3.8, 4) is 0 Å². The maximum absolute atomic E-state index is 11.1. The Morgan fingerprint density at radius 1 is 1.30 bits per heavy atom. The van der Waals surface area contributed by atoms with E-state index < -0.39 is 12.0 Å². The molecule has 5 nitrogen and oxygen atoms in total. The molecule has 0 fully saturated rings. The lowest BCUT2D eigenvalue weighted by molar-refractivity contribution is -0.139. The number of H-pyrrole nitrogens is 1. The molecule has 0 bridgehead atoms. The zero-order chi connectivity index (χ0) is 13.0. The predicted octanol–water partition coefficient (Wildman–Crippen LogP) is 1.99. The van der Waals surface area contributed by atoms with Gasteiger partial charge in [-0.25, -0.2) is 4.98 Å². The molecular weight excluding hydrogens is 301 g/mol. The summed E-state index contributed by atoms with van der Waals surface area (Å²) in [5.41, 5.74) is 7.55. The monoisotopic (exact) mass is 317 g/mol. The average molecular weight is 318 g/mol. The Labute approximate surface area is 129 Å². The fourth-order valence-corrected chi connectivity index (χ4v) is 1.94. The number of nitrogens with two attached hydrogens (primary N) is 1. The number of carboxylic acid groups (broad SMARTS) is 1. The molecule has 20 heavy (non-hydrogen) atoms. The summed E-state index contributed by atoms with van der Waals surface area (Å²) in [7, 11) is 0. The van der Waals surface area contributed by atoms with E-state index in [4.69, 9.17) is 10.8 Å². The second kappa shape index (κ2) is 8.58. The molecule has 0 aliphatic carbocycles. The fourth-order valence-electron chi connectivity index (χ4n) is 1.94. The highest BCUT2D eigenvalue weighted by molar-refractivity contribution is 5.85. The Morgan fingerprint density at radius 3 is 2.45 bits per heavy atom. The minimum atomic E-state index is -1.01. The number of rotatable bonds is 5. The lowest BCUT2D eigenvalue weighted by atomic mass is 9.90. The Balaban J connectivity index is 0.00000180.